The molecular formula is C8H4Br6. The van der Waals surface area contributed by atoms with Gasteiger partial charge in [0.05, 0.1) is 0 Å². The number of hydrogen-bond acceptors (Lipinski definition) is 0. The van der Waals surface area contributed by atoms with Crippen LogP contribution in [0.3, 0.4) is 0 Å². The molecule has 78 valence electrons. The van der Waals surface area contributed by atoms with Gasteiger partial charge < -0.3 is 0 Å². The molecule has 1 aromatic rings. The summed E-state index contributed by atoms with van der Waals surface area (Å²) in [6, 6.07) is 8.08. The maximum absolute atomic E-state index is 3.46. The van der Waals surface area contributed by atoms with Crippen molar-refractivity contribution < 1.29 is 0 Å². The average Bonchev–Trinajstić information content (AvgIpc) is 2.01. The first-order valence-electron chi connectivity index (χ1n) is 3.46. The summed E-state index contributed by atoms with van der Waals surface area (Å²) in [5.41, 5.74) is 2.19. The largest absolute Gasteiger partial charge is 0.159 e. The van der Waals surface area contributed by atoms with E-state index in [0.29, 0.717) is 0 Å². The predicted molar refractivity (Wildman–Crippen MR) is 83.4 cm³/mol. The molecule has 0 aliphatic rings. The van der Waals surface area contributed by atoms with Crippen LogP contribution in [-0.2, 0) is 4.29 Å². The lowest BCUT2D eigenvalue weighted by Crippen LogP contribution is -2.01. The maximum atomic E-state index is 3.46. The van der Waals surface area contributed by atoms with Gasteiger partial charge in [0.15, 0.2) is 4.29 Å². The van der Waals surface area contributed by atoms with Crippen LogP contribution in [0.2, 0.25) is 0 Å². The highest BCUT2D eigenvalue weighted by Gasteiger charge is 2.24. The van der Waals surface area contributed by atoms with Gasteiger partial charge in [0.1, 0.15) is 0 Å². The van der Waals surface area contributed by atoms with Gasteiger partial charge in [-0.3, -0.25) is 0 Å². The zero-order valence-corrected chi connectivity index (χ0v) is 16.1. The van der Waals surface area contributed by atoms with Crippen molar-refractivity contribution in [2.45, 2.75) is 4.29 Å². The van der Waals surface area contributed by atoms with Crippen molar-refractivity contribution in [1.29, 1.82) is 0 Å². The van der Waals surface area contributed by atoms with Gasteiger partial charge in [-0.05, 0) is 11.1 Å². The Labute approximate surface area is 133 Å². The number of rotatable bonds is 0. The number of benzene rings is 1. The molecule has 0 bridgehead atoms. The van der Waals surface area contributed by atoms with E-state index in [1.807, 2.05) is 24.3 Å². The Kier molecular flexibility index (Phi) is 5.23. The van der Waals surface area contributed by atoms with Crippen LogP contribution in [0.15, 0.2) is 24.3 Å². The molecule has 0 N–H and O–H groups in total. The normalized spacial score (nSPS) is 13.0. The molecule has 0 aromatic heterocycles. The Bertz CT molecular complexity index is 271. The van der Waals surface area contributed by atoms with E-state index < -0.39 is 0 Å². The van der Waals surface area contributed by atoms with Gasteiger partial charge in [-0.2, -0.15) is 0 Å². The molecule has 0 amide bonds. The lowest BCUT2D eigenvalue weighted by atomic mass is 10.2. The van der Waals surface area contributed by atoms with Crippen LogP contribution in [0.5, 0.6) is 0 Å². The standard InChI is InChI=1S/C8H4Br6/c9-7(10,11)5-1-2-6(4-3-5)8(12,13)14/h1-4H. The Morgan fingerprint density at radius 2 is 0.786 bits per heavy atom. The van der Waals surface area contributed by atoms with Gasteiger partial charge in [-0.15, -0.1) is 0 Å². The lowest BCUT2D eigenvalue weighted by molar-refractivity contribution is 1.30. The summed E-state index contributed by atoms with van der Waals surface area (Å²) in [5, 5.41) is 0. The van der Waals surface area contributed by atoms with E-state index in [4.69, 9.17) is 0 Å². The SMILES string of the molecule is BrC(Br)(Br)c1ccc(C(Br)(Br)Br)cc1. The molecule has 0 aliphatic heterocycles. The topological polar surface area (TPSA) is 0 Å². The first-order valence-corrected chi connectivity index (χ1v) is 8.21. The first-order chi connectivity index (χ1) is 6.21. The minimum Gasteiger partial charge on any atom is -0.0555 e. The number of halogens is 6. The van der Waals surface area contributed by atoms with Gasteiger partial charge in [0, 0.05) is 0 Å². The van der Waals surface area contributed by atoms with Crippen molar-refractivity contribution in [2.24, 2.45) is 0 Å². The Morgan fingerprint density at radius 3 is 0.929 bits per heavy atom. The van der Waals surface area contributed by atoms with Crippen LogP contribution in [0, 0.1) is 0 Å². The molecule has 0 aliphatic carbocycles. The van der Waals surface area contributed by atoms with E-state index in [1.165, 1.54) is 0 Å². The van der Waals surface area contributed by atoms with Crippen LogP contribution in [0.1, 0.15) is 11.1 Å². The number of hydrogen-bond donors (Lipinski definition) is 0. The summed E-state index contributed by atoms with van der Waals surface area (Å²) in [4.78, 5) is 0. The third-order valence-corrected chi connectivity index (χ3v) is 4.29. The maximum Gasteiger partial charge on any atom is 0.159 e. The molecule has 6 heteroatoms. The van der Waals surface area contributed by atoms with Crippen LogP contribution >= 0.6 is 95.6 Å². The molecule has 0 nitrogen and oxygen atoms in total. The highest BCUT2D eigenvalue weighted by atomic mass is 80.0. The Morgan fingerprint density at radius 1 is 0.571 bits per heavy atom. The average molecular weight is 580 g/mol. The van der Waals surface area contributed by atoms with Crippen molar-refractivity contribution in [1.82, 2.24) is 0 Å². The van der Waals surface area contributed by atoms with Crippen molar-refractivity contribution in [3.05, 3.63) is 35.4 Å². The molecular weight excluding hydrogens is 576 g/mol. The highest BCUT2D eigenvalue weighted by molar-refractivity contribution is 9.39. The summed E-state index contributed by atoms with van der Waals surface area (Å²) in [6.45, 7) is 0. The summed E-state index contributed by atoms with van der Waals surface area (Å²) in [6.07, 6.45) is 0. The second kappa shape index (κ2) is 5.17. The molecule has 0 fully saturated rings. The second-order valence-corrected chi connectivity index (χ2v) is 16.1. The fourth-order valence-electron chi connectivity index (χ4n) is 0.848. The molecule has 0 saturated carbocycles. The van der Waals surface area contributed by atoms with Gasteiger partial charge in [-0.1, -0.05) is 120 Å². The van der Waals surface area contributed by atoms with Crippen LogP contribution in [-0.4, -0.2) is 0 Å². The van der Waals surface area contributed by atoms with E-state index in [0.717, 1.165) is 11.1 Å². The zero-order valence-electron chi connectivity index (χ0n) is 6.58. The third kappa shape index (κ3) is 4.17. The molecule has 1 aromatic carbocycles. The number of alkyl halides is 6. The van der Waals surface area contributed by atoms with Gasteiger partial charge >= 0.3 is 0 Å². The van der Waals surface area contributed by atoms with Crippen molar-refractivity contribution in [2.75, 3.05) is 0 Å². The fraction of sp³-hybridized carbons (Fsp3) is 0.250. The molecule has 0 unspecified atom stereocenters. The zero-order chi connectivity index (χ0) is 11.0. The molecule has 1 rings (SSSR count). The predicted octanol–water partition coefficient (Wildman–Crippen LogP) is 6.28. The van der Waals surface area contributed by atoms with E-state index in [2.05, 4.69) is 95.6 Å². The molecule has 0 spiro atoms. The minimum absolute atomic E-state index is 0.348. The van der Waals surface area contributed by atoms with Crippen LogP contribution in [0.4, 0.5) is 0 Å². The van der Waals surface area contributed by atoms with Gasteiger partial charge in [0.25, 0.3) is 0 Å². The third-order valence-electron chi connectivity index (χ3n) is 1.54. The van der Waals surface area contributed by atoms with Gasteiger partial charge in [0.2, 0.25) is 0 Å². The molecule has 14 heavy (non-hydrogen) atoms. The van der Waals surface area contributed by atoms with E-state index in [9.17, 15) is 0 Å². The quantitative estimate of drug-likeness (QED) is 0.318. The molecule has 0 saturated heterocycles. The minimum atomic E-state index is -0.348. The summed E-state index contributed by atoms with van der Waals surface area (Å²) < 4.78 is -0.696. The fourth-order valence-corrected chi connectivity index (χ4v) is 2.43. The smallest absolute Gasteiger partial charge is 0.0555 e. The van der Waals surface area contributed by atoms with Gasteiger partial charge in [-0.25, -0.2) is 0 Å². The summed E-state index contributed by atoms with van der Waals surface area (Å²) >= 11 is 20.8. The monoisotopic (exact) mass is 574 g/mol. The van der Waals surface area contributed by atoms with Crippen molar-refractivity contribution >= 4 is 95.6 Å². The van der Waals surface area contributed by atoms with Crippen LogP contribution in [0.25, 0.3) is 0 Å². The van der Waals surface area contributed by atoms with E-state index in [1.54, 1.807) is 0 Å². The van der Waals surface area contributed by atoms with Crippen LogP contribution < -0.4 is 0 Å². The van der Waals surface area contributed by atoms with Crippen molar-refractivity contribution in [3.8, 4) is 0 Å². The molecule has 0 atom stereocenters. The Hall–Kier alpha value is 2.10. The van der Waals surface area contributed by atoms with Crippen molar-refractivity contribution in [3.63, 3.8) is 0 Å². The lowest BCUT2D eigenvalue weighted by Gasteiger charge is -2.16. The summed E-state index contributed by atoms with van der Waals surface area (Å²) in [7, 11) is 0. The van der Waals surface area contributed by atoms with E-state index >= 15 is 0 Å². The highest BCUT2D eigenvalue weighted by Crippen LogP contribution is 2.47. The Balaban J connectivity index is 3.02. The first kappa shape index (κ1) is 14.2. The summed E-state index contributed by atoms with van der Waals surface area (Å²) in [5.74, 6) is 0. The molecule has 0 radical (unpaired) electrons. The van der Waals surface area contributed by atoms with E-state index in [-0.39, 0.29) is 4.29 Å². The second-order valence-electron chi connectivity index (χ2n) is 2.57. The molecule has 0 heterocycles.